The van der Waals surface area contributed by atoms with Gasteiger partial charge in [-0.3, -0.25) is 4.79 Å². The Kier molecular flexibility index (Phi) is 3.59. The largest absolute Gasteiger partial charge is 0.468 e. The summed E-state index contributed by atoms with van der Waals surface area (Å²) in [6, 6.07) is 10.2. The van der Waals surface area contributed by atoms with Crippen molar-refractivity contribution in [2.24, 2.45) is 11.3 Å². The van der Waals surface area contributed by atoms with E-state index in [2.05, 4.69) is 43.5 Å². The molecule has 1 unspecified atom stereocenters. The number of methoxy groups -OCH3 is 1. The zero-order valence-corrected chi connectivity index (χ0v) is 15.1. The second kappa shape index (κ2) is 5.09. The van der Waals surface area contributed by atoms with Crippen molar-refractivity contribution < 1.29 is 9.53 Å². The highest BCUT2D eigenvalue weighted by Gasteiger charge is 2.67. The number of hydrogen-bond donors (Lipinski definition) is 0. The van der Waals surface area contributed by atoms with Gasteiger partial charge >= 0.3 is 5.97 Å². The van der Waals surface area contributed by atoms with Gasteiger partial charge in [0.1, 0.15) is 0 Å². The minimum atomic E-state index is -1.20. The molecule has 0 aliphatic heterocycles. The fraction of sp³-hybridized carbons (Fsp3) is 0.526. The summed E-state index contributed by atoms with van der Waals surface area (Å²) in [6.45, 7) is 7.08. The van der Waals surface area contributed by atoms with Crippen LogP contribution in [0.2, 0.25) is 19.6 Å². The van der Waals surface area contributed by atoms with E-state index < -0.39 is 13.5 Å². The van der Waals surface area contributed by atoms with Crippen LogP contribution in [0.3, 0.4) is 0 Å². The molecule has 1 aromatic rings. The number of allylic oxidation sites excluding steroid dienone is 1. The molecule has 2 aliphatic rings. The highest BCUT2D eigenvalue weighted by Crippen LogP contribution is 2.70. The van der Waals surface area contributed by atoms with E-state index in [0.717, 1.165) is 18.4 Å². The monoisotopic (exact) mass is 314 g/mol. The third-order valence-electron chi connectivity index (χ3n) is 5.32. The van der Waals surface area contributed by atoms with Gasteiger partial charge in [-0.05, 0) is 36.2 Å². The molecule has 3 heteroatoms. The fourth-order valence-corrected chi connectivity index (χ4v) is 4.90. The zero-order chi connectivity index (χ0) is 16.0. The number of esters is 1. The zero-order valence-electron chi connectivity index (χ0n) is 14.1. The van der Waals surface area contributed by atoms with Crippen LogP contribution in [-0.4, -0.2) is 21.2 Å². The van der Waals surface area contributed by atoms with Crippen LogP contribution in [0.5, 0.6) is 0 Å². The Balaban J connectivity index is 1.93. The van der Waals surface area contributed by atoms with Crippen molar-refractivity contribution in [1.82, 2.24) is 0 Å². The fourth-order valence-electron chi connectivity index (χ4n) is 4.07. The lowest BCUT2D eigenvalue weighted by molar-refractivity contribution is -0.148. The van der Waals surface area contributed by atoms with Crippen LogP contribution < -0.4 is 0 Å². The maximum Gasteiger partial charge on any atom is 0.316 e. The molecule has 0 N–H and O–H groups in total. The Morgan fingerprint density at radius 1 is 1.23 bits per heavy atom. The molecule has 0 bridgehead atoms. The highest BCUT2D eigenvalue weighted by molar-refractivity contribution is 6.80. The van der Waals surface area contributed by atoms with Crippen LogP contribution in [0.15, 0.2) is 42.1 Å². The van der Waals surface area contributed by atoms with Gasteiger partial charge < -0.3 is 4.74 Å². The number of ether oxygens (including phenoxy) is 1. The van der Waals surface area contributed by atoms with E-state index in [0.29, 0.717) is 5.92 Å². The average Bonchev–Trinajstić information content (AvgIpc) is 3.06. The first-order valence-corrected chi connectivity index (χ1v) is 11.7. The quantitative estimate of drug-likeness (QED) is 0.611. The SMILES string of the molecule is COC(=O)C1(c2ccccc2)C[C@@H]2C[C@]2(/C=C/[Si](C)(C)C)C1. The van der Waals surface area contributed by atoms with Crippen LogP contribution in [0.1, 0.15) is 24.8 Å². The van der Waals surface area contributed by atoms with E-state index in [1.807, 2.05) is 18.2 Å². The van der Waals surface area contributed by atoms with Crippen LogP contribution in [0.25, 0.3) is 0 Å². The van der Waals surface area contributed by atoms with E-state index in [1.54, 1.807) is 0 Å². The van der Waals surface area contributed by atoms with Gasteiger partial charge in [0.2, 0.25) is 0 Å². The molecule has 2 aliphatic carbocycles. The first kappa shape index (κ1) is 15.5. The lowest BCUT2D eigenvalue weighted by Crippen LogP contribution is -2.36. The number of rotatable bonds is 4. The van der Waals surface area contributed by atoms with Crippen LogP contribution in [0.4, 0.5) is 0 Å². The van der Waals surface area contributed by atoms with Gasteiger partial charge in [0.05, 0.1) is 20.6 Å². The smallest absolute Gasteiger partial charge is 0.316 e. The van der Waals surface area contributed by atoms with Crippen molar-refractivity contribution in [2.75, 3.05) is 7.11 Å². The third kappa shape index (κ3) is 2.56. The van der Waals surface area contributed by atoms with Gasteiger partial charge in [-0.25, -0.2) is 0 Å². The van der Waals surface area contributed by atoms with Gasteiger partial charge in [0.25, 0.3) is 0 Å². The molecule has 0 spiro atoms. The standard InChI is InChI=1S/C19H26O2Si/c1-21-17(20)19(15-8-6-5-7-9-15)13-16-12-18(16,14-19)10-11-22(2,3)4/h5-11,16H,12-14H2,1-4H3/b11-10+/t16-,18+,19?/m0/s1. The van der Waals surface area contributed by atoms with E-state index >= 15 is 0 Å². The lowest BCUT2D eigenvalue weighted by Gasteiger charge is -2.29. The minimum absolute atomic E-state index is 0.0633. The maximum atomic E-state index is 12.6. The number of carbonyl (C=O) groups excluding carboxylic acids is 1. The molecule has 3 atom stereocenters. The van der Waals surface area contributed by atoms with Gasteiger partial charge in [0, 0.05) is 0 Å². The third-order valence-corrected chi connectivity index (χ3v) is 6.49. The molecule has 0 aromatic heterocycles. The first-order chi connectivity index (χ1) is 10.3. The number of fused-ring (bicyclic) bond motifs is 1. The van der Waals surface area contributed by atoms with Crippen molar-refractivity contribution in [3.63, 3.8) is 0 Å². The average molecular weight is 315 g/mol. The molecule has 22 heavy (non-hydrogen) atoms. The maximum absolute atomic E-state index is 12.6. The molecule has 0 amide bonds. The van der Waals surface area contributed by atoms with Gasteiger partial charge in [-0.1, -0.05) is 61.7 Å². The van der Waals surface area contributed by atoms with E-state index in [-0.39, 0.29) is 11.4 Å². The summed E-state index contributed by atoms with van der Waals surface area (Å²) in [6.07, 6.45) is 5.51. The molecule has 2 saturated carbocycles. The predicted molar refractivity (Wildman–Crippen MR) is 92.4 cm³/mol. The molecule has 2 fully saturated rings. The Labute approximate surface area is 134 Å². The summed E-state index contributed by atoms with van der Waals surface area (Å²) in [5, 5.41) is 0. The molecule has 0 saturated heterocycles. The van der Waals surface area contributed by atoms with Crippen LogP contribution in [0, 0.1) is 11.3 Å². The molecule has 1 aromatic carbocycles. The van der Waals surface area contributed by atoms with E-state index in [9.17, 15) is 4.79 Å². The highest BCUT2D eigenvalue weighted by atomic mass is 28.3. The molecule has 2 nitrogen and oxygen atoms in total. The van der Waals surface area contributed by atoms with Crippen molar-refractivity contribution in [2.45, 2.75) is 44.3 Å². The summed E-state index contributed by atoms with van der Waals surface area (Å²) in [4.78, 5) is 12.6. The van der Waals surface area contributed by atoms with Crippen molar-refractivity contribution in [3.8, 4) is 0 Å². The lowest BCUT2D eigenvalue weighted by atomic mass is 9.75. The summed E-state index contributed by atoms with van der Waals surface area (Å²) in [5.41, 5.74) is 3.37. The predicted octanol–water partition coefficient (Wildman–Crippen LogP) is 4.33. The summed E-state index contributed by atoms with van der Waals surface area (Å²) in [5.74, 6) is 0.575. The molecular formula is C19H26O2Si. The Morgan fingerprint density at radius 2 is 1.91 bits per heavy atom. The van der Waals surface area contributed by atoms with Crippen molar-refractivity contribution in [1.29, 1.82) is 0 Å². The first-order valence-electron chi connectivity index (χ1n) is 8.16. The molecule has 0 heterocycles. The normalized spacial score (nSPS) is 33.7. The summed E-state index contributed by atoms with van der Waals surface area (Å²) >= 11 is 0. The Hall–Kier alpha value is -1.35. The Bertz CT molecular complexity index is 602. The number of benzene rings is 1. The minimum Gasteiger partial charge on any atom is -0.468 e. The number of hydrogen-bond acceptors (Lipinski definition) is 2. The Morgan fingerprint density at radius 3 is 2.50 bits per heavy atom. The van der Waals surface area contributed by atoms with Crippen LogP contribution in [-0.2, 0) is 14.9 Å². The second-order valence-electron chi connectivity index (χ2n) is 8.15. The van der Waals surface area contributed by atoms with Gasteiger partial charge in [0.15, 0.2) is 0 Å². The molecular weight excluding hydrogens is 288 g/mol. The number of carbonyl (C=O) groups is 1. The van der Waals surface area contributed by atoms with Gasteiger partial charge in [-0.2, -0.15) is 0 Å². The summed E-state index contributed by atoms with van der Waals surface area (Å²) in [7, 11) is 0.312. The topological polar surface area (TPSA) is 26.3 Å². The van der Waals surface area contributed by atoms with Crippen molar-refractivity contribution in [3.05, 3.63) is 47.7 Å². The molecule has 3 rings (SSSR count). The van der Waals surface area contributed by atoms with Crippen molar-refractivity contribution >= 4 is 14.0 Å². The van der Waals surface area contributed by atoms with E-state index in [4.69, 9.17) is 4.74 Å². The molecule has 118 valence electrons. The second-order valence-corrected chi connectivity index (χ2v) is 13.2. The molecule has 0 radical (unpaired) electrons. The van der Waals surface area contributed by atoms with E-state index in [1.165, 1.54) is 13.5 Å². The summed E-state index contributed by atoms with van der Waals surface area (Å²) < 4.78 is 5.20. The van der Waals surface area contributed by atoms with Crippen LogP contribution >= 0.6 is 0 Å². The van der Waals surface area contributed by atoms with Gasteiger partial charge in [-0.15, -0.1) is 0 Å².